The van der Waals surface area contributed by atoms with Crippen LogP contribution in [0.3, 0.4) is 0 Å². The fourth-order valence-corrected chi connectivity index (χ4v) is 2.04. The summed E-state index contributed by atoms with van der Waals surface area (Å²) in [5.41, 5.74) is 5.76. The van der Waals surface area contributed by atoms with Crippen LogP contribution in [0.5, 0.6) is 0 Å². The molecule has 1 aliphatic heterocycles. The van der Waals surface area contributed by atoms with Gasteiger partial charge in [-0.2, -0.15) is 0 Å². The number of nitrogens with two attached hydrogens (primary N) is 1. The molecule has 1 aliphatic rings. The predicted octanol–water partition coefficient (Wildman–Crippen LogP) is 0.473. The lowest BCUT2D eigenvalue weighted by molar-refractivity contribution is -0.130. The van der Waals surface area contributed by atoms with Crippen LogP contribution in [0.1, 0.15) is 26.7 Å². The average Bonchev–Trinajstić information content (AvgIpc) is 2.39. The first-order valence-corrected chi connectivity index (χ1v) is 7.15. The number of aliphatic imine (C=N–C) groups is 1. The number of rotatable bonds is 6. The van der Waals surface area contributed by atoms with Crippen molar-refractivity contribution in [2.75, 3.05) is 45.8 Å². The summed E-state index contributed by atoms with van der Waals surface area (Å²) in [7, 11) is 0. The molecule has 0 aromatic heterocycles. The Morgan fingerprint density at radius 2 is 1.95 bits per heavy atom. The summed E-state index contributed by atoms with van der Waals surface area (Å²) in [6.45, 7) is 9.85. The highest BCUT2D eigenvalue weighted by Crippen LogP contribution is 2.00. The van der Waals surface area contributed by atoms with Crippen LogP contribution in [0.4, 0.5) is 0 Å². The summed E-state index contributed by atoms with van der Waals surface area (Å²) < 4.78 is 0. The van der Waals surface area contributed by atoms with E-state index in [0.717, 1.165) is 58.7 Å². The first-order valence-electron chi connectivity index (χ1n) is 7.15. The number of carbonyl (C=O) groups excluding carboxylic acids is 1. The van der Waals surface area contributed by atoms with Gasteiger partial charge in [-0.3, -0.25) is 14.7 Å². The number of halogens is 1. The van der Waals surface area contributed by atoms with Crippen LogP contribution < -0.4 is 11.1 Å². The summed E-state index contributed by atoms with van der Waals surface area (Å²) in [4.78, 5) is 19.7. The first kappa shape index (κ1) is 19.4. The Bertz CT molecular complexity index is 303. The summed E-state index contributed by atoms with van der Waals surface area (Å²) in [5.74, 6) is 0.709. The summed E-state index contributed by atoms with van der Waals surface area (Å²) in [6, 6.07) is 0. The Labute approximate surface area is 139 Å². The Morgan fingerprint density at radius 3 is 2.50 bits per heavy atom. The second-order valence-corrected chi connectivity index (χ2v) is 4.89. The van der Waals surface area contributed by atoms with Gasteiger partial charge in [0, 0.05) is 52.7 Å². The number of piperazine rings is 1. The van der Waals surface area contributed by atoms with Crippen LogP contribution in [0.25, 0.3) is 0 Å². The molecular weight excluding hydrogens is 369 g/mol. The van der Waals surface area contributed by atoms with Crippen molar-refractivity contribution < 1.29 is 4.79 Å². The first-order chi connectivity index (χ1) is 9.13. The van der Waals surface area contributed by atoms with Crippen molar-refractivity contribution in [2.24, 2.45) is 10.7 Å². The molecule has 6 nitrogen and oxygen atoms in total. The minimum atomic E-state index is 0. The molecule has 1 fully saturated rings. The summed E-state index contributed by atoms with van der Waals surface area (Å²) in [6.07, 6.45) is 2.21. The highest BCUT2D eigenvalue weighted by Gasteiger charge is 2.17. The minimum absolute atomic E-state index is 0. The van der Waals surface area contributed by atoms with Crippen LogP contribution in [-0.2, 0) is 4.79 Å². The van der Waals surface area contributed by atoms with Gasteiger partial charge in [0.15, 0.2) is 5.96 Å². The maximum atomic E-state index is 11.2. The normalized spacial score (nSPS) is 16.7. The smallest absolute Gasteiger partial charge is 0.219 e. The summed E-state index contributed by atoms with van der Waals surface area (Å²) in [5, 5.41) is 3.13. The minimum Gasteiger partial charge on any atom is -0.370 e. The van der Waals surface area contributed by atoms with E-state index in [4.69, 9.17) is 5.73 Å². The van der Waals surface area contributed by atoms with E-state index in [1.165, 1.54) is 0 Å². The van der Waals surface area contributed by atoms with E-state index in [0.29, 0.717) is 5.96 Å². The van der Waals surface area contributed by atoms with Crippen molar-refractivity contribution in [3.63, 3.8) is 0 Å². The number of unbranched alkanes of at least 4 members (excludes halogenated alkanes) is 1. The molecule has 3 N–H and O–H groups in total. The van der Waals surface area contributed by atoms with Crippen molar-refractivity contribution in [1.29, 1.82) is 0 Å². The average molecular weight is 397 g/mol. The summed E-state index contributed by atoms with van der Waals surface area (Å²) >= 11 is 0. The van der Waals surface area contributed by atoms with Gasteiger partial charge >= 0.3 is 0 Å². The van der Waals surface area contributed by atoms with Gasteiger partial charge in [0.25, 0.3) is 0 Å². The molecule has 7 heteroatoms. The second kappa shape index (κ2) is 11.1. The van der Waals surface area contributed by atoms with Crippen LogP contribution in [-0.4, -0.2) is 67.5 Å². The molecule has 118 valence electrons. The molecule has 20 heavy (non-hydrogen) atoms. The quantitative estimate of drug-likeness (QED) is 0.296. The Morgan fingerprint density at radius 1 is 1.30 bits per heavy atom. The number of nitrogens with one attached hydrogen (secondary N) is 1. The molecule has 1 heterocycles. The third-order valence-electron chi connectivity index (χ3n) is 3.35. The molecule has 0 aromatic carbocycles. The third-order valence-corrected chi connectivity index (χ3v) is 3.35. The number of nitrogens with zero attached hydrogens (tertiary/aromatic N) is 3. The SMILES string of the molecule is CCCCN=C(N)NCCN1CCN(C(C)=O)CC1.I. The van der Waals surface area contributed by atoms with Crippen LogP contribution in [0.2, 0.25) is 0 Å². The molecular formula is C13H28IN5O. The molecule has 0 atom stereocenters. The molecule has 1 amide bonds. The van der Waals surface area contributed by atoms with E-state index in [1.54, 1.807) is 6.92 Å². The fraction of sp³-hybridized carbons (Fsp3) is 0.846. The van der Waals surface area contributed by atoms with Gasteiger partial charge in [-0.25, -0.2) is 0 Å². The number of carbonyl (C=O) groups is 1. The zero-order chi connectivity index (χ0) is 14.1. The van der Waals surface area contributed by atoms with E-state index >= 15 is 0 Å². The zero-order valence-electron chi connectivity index (χ0n) is 12.6. The molecule has 1 saturated heterocycles. The van der Waals surface area contributed by atoms with Gasteiger partial charge in [-0.1, -0.05) is 13.3 Å². The lowest BCUT2D eigenvalue weighted by Crippen LogP contribution is -2.50. The van der Waals surface area contributed by atoms with E-state index in [2.05, 4.69) is 22.1 Å². The monoisotopic (exact) mass is 397 g/mol. The molecule has 0 aromatic rings. The van der Waals surface area contributed by atoms with Gasteiger partial charge in [-0.15, -0.1) is 24.0 Å². The second-order valence-electron chi connectivity index (χ2n) is 4.89. The topological polar surface area (TPSA) is 74.0 Å². The van der Waals surface area contributed by atoms with E-state index < -0.39 is 0 Å². The molecule has 0 aliphatic carbocycles. The number of hydrogen-bond donors (Lipinski definition) is 2. The van der Waals surface area contributed by atoms with Crippen molar-refractivity contribution in [1.82, 2.24) is 15.1 Å². The van der Waals surface area contributed by atoms with Gasteiger partial charge in [-0.05, 0) is 6.42 Å². The van der Waals surface area contributed by atoms with Crippen LogP contribution >= 0.6 is 24.0 Å². The fourth-order valence-electron chi connectivity index (χ4n) is 2.04. The maximum Gasteiger partial charge on any atom is 0.219 e. The maximum absolute atomic E-state index is 11.2. The molecule has 0 spiro atoms. The lowest BCUT2D eigenvalue weighted by Gasteiger charge is -2.34. The number of amides is 1. The lowest BCUT2D eigenvalue weighted by atomic mass is 10.3. The van der Waals surface area contributed by atoms with E-state index in [1.807, 2.05) is 4.90 Å². The zero-order valence-corrected chi connectivity index (χ0v) is 14.9. The molecule has 0 bridgehead atoms. The molecule has 0 radical (unpaired) electrons. The van der Waals surface area contributed by atoms with Gasteiger partial charge in [0.2, 0.25) is 5.91 Å². The van der Waals surface area contributed by atoms with Crippen molar-refractivity contribution in [2.45, 2.75) is 26.7 Å². The van der Waals surface area contributed by atoms with Crippen LogP contribution in [0, 0.1) is 0 Å². The largest absolute Gasteiger partial charge is 0.370 e. The molecule has 0 saturated carbocycles. The number of guanidine groups is 1. The van der Waals surface area contributed by atoms with Gasteiger partial charge in [0.1, 0.15) is 0 Å². The Kier molecular flexibility index (Phi) is 10.8. The van der Waals surface area contributed by atoms with E-state index in [-0.39, 0.29) is 29.9 Å². The van der Waals surface area contributed by atoms with Gasteiger partial charge in [0.05, 0.1) is 0 Å². The Hall–Kier alpha value is -0.570. The van der Waals surface area contributed by atoms with Crippen molar-refractivity contribution in [3.05, 3.63) is 0 Å². The highest BCUT2D eigenvalue weighted by atomic mass is 127. The standard InChI is InChI=1S/C13H27N5O.HI/c1-3-4-5-15-13(14)16-6-7-17-8-10-18(11-9-17)12(2)19;/h3-11H2,1-2H3,(H3,14,15,16);1H. The number of hydrogen-bond acceptors (Lipinski definition) is 3. The van der Waals surface area contributed by atoms with E-state index in [9.17, 15) is 4.79 Å². The molecule has 0 unspecified atom stereocenters. The molecule has 1 rings (SSSR count). The van der Waals surface area contributed by atoms with Crippen molar-refractivity contribution >= 4 is 35.8 Å². The predicted molar refractivity (Wildman–Crippen MR) is 93.5 cm³/mol. The third kappa shape index (κ3) is 7.88. The Balaban J connectivity index is 0.00000361. The van der Waals surface area contributed by atoms with Crippen molar-refractivity contribution in [3.8, 4) is 0 Å². The van der Waals surface area contributed by atoms with Gasteiger partial charge < -0.3 is 16.0 Å². The highest BCUT2D eigenvalue weighted by molar-refractivity contribution is 14.0. The van der Waals surface area contributed by atoms with Crippen LogP contribution in [0.15, 0.2) is 4.99 Å².